The summed E-state index contributed by atoms with van der Waals surface area (Å²) in [6, 6.07) is 9.68. The van der Waals surface area contributed by atoms with Crippen molar-refractivity contribution in [2.75, 3.05) is 0 Å². The van der Waals surface area contributed by atoms with Crippen molar-refractivity contribution in [2.24, 2.45) is 0 Å². The van der Waals surface area contributed by atoms with Crippen molar-refractivity contribution >= 4 is 77.6 Å². The molecular formula is C23H25BBr2S2. The smallest absolute Gasteiger partial charge is 0.128 e. The summed E-state index contributed by atoms with van der Waals surface area (Å²) in [6.07, 6.45) is 0. The first-order valence-electron chi connectivity index (χ1n) is 9.95. The lowest BCUT2D eigenvalue weighted by atomic mass is 9.37. The Morgan fingerprint density at radius 2 is 1.11 bits per heavy atom. The van der Waals surface area contributed by atoms with Crippen molar-refractivity contribution < 1.29 is 0 Å². The molecule has 2 aromatic heterocycles. The van der Waals surface area contributed by atoms with Crippen molar-refractivity contribution in [1.82, 2.24) is 0 Å². The van der Waals surface area contributed by atoms with Crippen LogP contribution in [0.4, 0.5) is 0 Å². The third-order valence-electron chi connectivity index (χ3n) is 5.76. The minimum Gasteiger partial charge on any atom is -0.128 e. The monoisotopic (exact) mass is 534 g/mol. The third-order valence-corrected chi connectivity index (χ3v) is 9.23. The number of fused-ring (bicyclic) bond motifs is 3. The fourth-order valence-electron chi connectivity index (χ4n) is 4.35. The van der Waals surface area contributed by atoms with E-state index in [4.69, 9.17) is 0 Å². The number of hydrogen-bond acceptors (Lipinski definition) is 2. The van der Waals surface area contributed by atoms with E-state index in [1.54, 1.807) is 5.46 Å². The molecule has 1 aromatic carbocycles. The zero-order valence-electron chi connectivity index (χ0n) is 17.2. The maximum atomic E-state index is 3.75. The largest absolute Gasteiger partial charge is 0.245 e. The van der Waals surface area contributed by atoms with E-state index in [9.17, 15) is 0 Å². The van der Waals surface area contributed by atoms with Crippen molar-refractivity contribution in [3.63, 3.8) is 0 Å². The van der Waals surface area contributed by atoms with Crippen LogP contribution < -0.4 is 16.4 Å². The summed E-state index contributed by atoms with van der Waals surface area (Å²) in [4.78, 5) is 2.89. The first-order chi connectivity index (χ1) is 13.2. The highest BCUT2D eigenvalue weighted by atomic mass is 79.9. The Kier molecular flexibility index (Phi) is 5.76. The van der Waals surface area contributed by atoms with E-state index < -0.39 is 0 Å². The Labute approximate surface area is 194 Å². The van der Waals surface area contributed by atoms with Crippen LogP contribution >= 0.6 is 54.5 Å². The number of halogens is 2. The summed E-state index contributed by atoms with van der Waals surface area (Å²) >= 11 is 11.3. The van der Waals surface area contributed by atoms with E-state index in [0.29, 0.717) is 24.5 Å². The SMILES string of the molecule is CC(C)c1cc(C(C)C)c(B2c3cc(Br)sc3-c3sc(Br)cc32)c(C(C)C)c1. The molecule has 3 heterocycles. The second-order valence-corrected chi connectivity index (χ2v) is 13.5. The van der Waals surface area contributed by atoms with Gasteiger partial charge in [0.15, 0.2) is 0 Å². The van der Waals surface area contributed by atoms with Crippen LogP contribution in [0.25, 0.3) is 9.75 Å². The van der Waals surface area contributed by atoms with Crippen LogP contribution in [0.5, 0.6) is 0 Å². The molecule has 1 aliphatic rings. The normalized spacial score (nSPS) is 13.2. The van der Waals surface area contributed by atoms with Gasteiger partial charge in [-0.15, -0.1) is 22.7 Å². The van der Waals surface area contributed by atoms with Crippen LogP contribution in [-0.4, -0.2) is 6.71 Å². The molecule has 146 valence electrons. The van der Waals surface area contributed by atoms with Gasteiger partial charge < -0.3 is 0 Å². The molecule has 5 heteroatoms. The molecule has 1 aliphatic heterocycles. The summed E-state index contributed by atoms with van der Waals surface area (Å²) in [7, 11) is 0. The Hall–Kier alpha value is -0.355. The molecule has 0 saturated carbocycles. The molecule has 0 nitrogen and oxygen atoms in total. The zero-order valence-corrected chi connectivity index (χ0v) is 22.0. The lowest BCUT2D eigenvalue weighted by Crippen LogP contribution is -2.51. The van der Waals surface area contributed by atoms with Crippen LogP contribution in [0.3, 0.4) is 0 Å². The van der Waals surface area contributed by atoms with Crippen LogP contribution in [-0.2, 0) is 0 Å². The second-order valence-electron chi connectivity index (χ2n) is 8.68. The zero-order chi connectivity index (χ0) is 20.3. The quantitative estimate of drug-likeness (QED) is 0.242. The highest BCUT2D eigenvalue weighted by Crippen LogP contribution is 2.40. The standard InChI is InChI=1S/C23H25BBr2S2/c1-11(2)14-7-15(12(3)4)21(16(8-14)13(5)6)24-17-9-19(25)27-22(17)23-18(24)10-20(26)28-23/h7-13H,1-6H3. The van der Waals surface area contributed by atoms with Crippen molar-refractivity contribution in [3.05, 3.63) is 48.5 Å². The maximum absolute atomic E-state index is 3.75. The summed E-state index contributed by atoms with van der Waals surface area (Å²) in [5, 5.41) is 0. The van der Waals surface area contributed by atoms with Gasteiger partial charge in [0.1, 0.15) is 0 Å². The molecule has 28 heavy (non-hydrogen) atoms. The summed E-state index contributed by atoms with van der Waals surface area (Å²) in [5.74, 6) is 1.55. The molecular weight excluding hydrogens is 511 g/mol. The molecule has 0 atom stereocenters. The molecule has 4 rings (SSSR count). The van der Waals surface area contributed by atoms with E-state index in [2.05, 4.69) is 97.7 Å². The van der Waals surface area contributed by atoms with E-state index in [0.717, 1.165) is 0 Å². The number of thiophene rings is 2. The molecule has 0 fully saturated rings. The predicted octanol–water partition coefficient (Wildman–Crippen LogP) is 7.20. The highest BCUT2D eigenvalue weighted by Gasteiger charge is 2.40. The van der Waals surface area contributed by atoms with Crippen LogP contribution in [0.2, 0.25) is 0 Å². The fourth-order valence-corrected chi connectivity index (χ4v) is 7.84. The van der Waals surface area contributed by atoms with Crippen molar-refractivity contribution in [1.29, 1.82) is 0 Å². The number of benzene rings is 1. The molecule has 0 bridgehead atoms. The van der Waals surface area contributed by atoms with E-state index in [1.807, 2.05) is 22.7 Å². The first-order valence-corrected chi connectivity index (χ1v) is 13.2. The van der Waals surface area contributed by atoms with Gasteiger partial charge in [-0.25, -0.2) is 0 Å². The Balaban J connectivity index is 2.06. The molecule has 0 radical (unpaired) electrons. The van der Waals surface area contributed by atoms with E-state index >= 15 is 0 Å². The van der Waals surface area contributed by atoms with Gasteiger partial charge in [0.05, 0.1) is 7.57 Å². The highest BCUT2D eigenvalue weighted by molar-refractivity contribution is 9.11. The van der Waals surface area contributed by atoms with Crippen LogP contribution in [0.1, 0.15) is 76.0 Å². The molecule has 0 spiro atoms. The minimum absolute atomic E-state index is 0.339. The number of rotatable bonds is 4. The molecule has 0 saturated heterocycles. The van der Waals surface area contributed by atoms with Gasteiger partial charge in [-0.2, -0.15) is 0 Å². The lowest BCUT2D eigenvalue weighted by molar-refractivity contribution is 0.812. The first kappa shape index (κ1) is 20.9. The predicted molar refractivity (Wildman–Crippen MR) is 136 cm³/mol. The summed E-state index contributed by atoms with van der Waals surface area (Å²) in [5.41, 5.74) is 9.00. The average Bonchev–Trinajstić information content (AvgIpc) is 3.23. The van der Waals surface area contributed by atoms with Crippen LogP contribution in [0, 0.1) is 0 Å². The topological polar surface area (TPSA) is 0 Å². The van der Waals surface area contributed by atoms with Gasteiger partial charge in [-0.1, -0.05) is 59.1 Å². The Bertz CT molecular complexity index is 968. The van der Waals surface area contributed by atoms with Gasteiger partial charge in [-0.3, -0.25) is 0 Å². The fraction of sp³-hybridized carbons (Fsp3) is 0.391. The van der Waals surface area contributed by atoms with Gasteiger partial charge >= 0.3 is 0 Å². The van der Waals surface area contributed by atoms with E-state index in [1.165, 1.54) is 44.9 Å². The van der Waals surface area contributed by atoms with Gasteiger partial charge in [0.2, 0.25) is 6.71 Å². The van der Waals surface area contributed by atoms with Gasteiger partial charge in [0.25, 0.3) is 0 Å². The summed E-state index contributed by atoms with van der Waals surface area (Å²) in [6.45, 7) is 14.3. The van der Waals surface area contributed by atoms with Crippen molar-refractivity contribution in [2.45, 2.75) is 59.3 Å². The number of hydrogen-bond donors (Lipinski definition) is 0. The van der Waals surface area contributed by atoms with Gasteiger partial charge in [-0.05, 0) is 89.4 Å². The lowest BCUT2D eigenvalue weighted by Gasteiger charge is -2.26. The molecule has 0 amide bonds. The van der Waals surface area contributed by atoms with E-state index in [-0.39, 0.29) is 0 Å². The Morgan fingerprint density at radius 1 is 0.679 bits per heavy atom. The maximum Gasteiger partial charge on any atom is 0.245 e. The van der Waals surface area contributed by atoms with Crippen LogP contribution in [0.15, 0.2) is 31.8 Å². The molecule has 0 N–H and O–H groups in total. The second kappa shape index (κ2) is 7.72. The Morgan fingerprint density at radius 3 is 1.46 bits per heavy atom. The summed E-state index contributed by atoms with van der Waals surface area (Å²) < 4.78 is 2.46. The van der Waals surface area contributed by atoms with Gasteiger partial charge in [0, 0.05) is 9.75 Å². The minimum atomic E-state index is 0.339. The molecule has 0 aliphatic carbocycles. The third kappa shape index (κ3) is 3.40. The molecule has 0 unspecified atom stereocenters. The molecule has 3 aromatic rings. The van der Waals surface area contributed by atoms with Crippen molar-refractivity contribution in [3.8, 4) is 9.75 Å². The average molecular weight is 536 g/mol.